The Bertz CT molecular complexity index is 816. The molecular formula is C19H24ClN3O6S. The first-order valence-corrected chi connectivity index (χ1v) is 10.4. The van der Waals surface area contributed by atoms with Crippen molar-refractivity contribution in [2.75, 3.05) is 13.0 Å². The normalized spacial score (nSPS) is 24.5. The van der Waals surface area contributed by atoms with Crippen molar-refractivity contribution in [2.24, 2.45) is 5.73 Å². The predicted molar refractivity (Wildman–Crippen MR) is 112 cm³/mol. The summed E-state index contributed by atoms with van der Waals surface area (Å²) in [5.41, 5.74) is 6.59. The number of nitrogens with one attached hydrogen (secondary N) is 1. The van der Waals surface area contributed by atoms with E-state index in [0.717, 1.165) is 0 Å². The lowest BCUT2D eigenvalue weighted by Crippen LogP contribution is -2.71. The first kappa shape index (κ1) is 24.0. The second kappa shape index (κ2) is 9.67. The number of esters is 1. The zero-order chi connectivity index (χ0) is 22.6. The molecule has 2 aliphatic heterocycles. The van der Waals surface area contributed by atoms with Gasteiger partial charge in [0.25, 0.3) is 0 Å². The third-order valence-electron chi connectivity index (χ3n) is 4.75. The van der Waals surface area contributed by atoms with Crippen molar-refractivity contribution in [1.29, 1.82) is 0 Å². The lowest BCUT2D eigenvalue weighted by atomic mass is 9.95. The number of amides is 2. The largest absolute Gasteiger partial charge is 0.480 e. The number of benzene rings is 1. The molecule has 0 aromatic heterocycles. The van der Waals surface area contributed by atoms with Crippen LogP contribution in [0.15, 0.2) is 30.3 Å². The number of thioether (sulfide) groups is 1. The number of alkyl halides is 1. The van der Waals surface area contributed by atoms with Crippen LogP contribution in [0.25, 0.3) is 0 Å². The van der Waals surface area contributed by atoms with Gasteiger partial charge in [-0.15, -0.1) is 23.4 Å². The summed E-state index contributed by atoms with van der Waals surface area (Å²) in [6, 6.07) is 6.38. The summed E-state index contributed by atoms with van der Waals surface area (Å²) >= 11 is 6.36. The molecule has 2 amide bonds. The molecule has 1 aromatic carbocycles. The number of nitrogens with zero attached hydrogens (tertiary/aromatic N) is 1. The van der Waals surface area contributed by atoms with Gasteiger partial charge in [-0.2, -0.15) is 0 Å². The maximum atomic E-state index is 12.3. The number of fused-ring (bicyclic) bond motifs is 1. The Hall–Kier alpha value is -2.30. The minimum atomic E-state index is -1.03. The topological polar surface area (TPSA) is 139 Å². The molecule has 164 valence electrons. The van der Waals surface area contributed by atoms with Crippen LogP contribution in [-0.2, 0) is 23.9 Å². The zero-order valence-electron chi connectivity index (χ0n) is 16.7. The average Bonchev–Trinajstić information content (AvgIpc) is 2.99. The number of ether oxygens (including phenoxy) is 1. The van der Waals surface area contributed by atoms with Gasteiger partial charge in [-0.3, -0.25) is 14.4 Å². The number of β-lactam (4-membered cyclic amide) rings is 1. The summed E-state index contributed by atoms with van der Waals surface area (Å²) in [5, 5.41) is 11.7. The zero-order valence-corrected chi connectivity index (χ0v) is 18.3. The molecule has 0 saturated carbocycles. The average molecular weight is 458 g/mol. The molecule has 0 bridgehead atoms. The highest BCUT2D eigenvalue weighted by Gasteiger charge is 2.64. The van der Waals surface area contributed by atoms with Crippen molar-refractivity contribution in [1.82, 2.24) is 10.2 Å². The molecule has 9 nitrogen and oxygen atoms in total. The van der Waals surface area contributed by atoms with Crippen molar-refractivity contribution >= 4 is 47.1 Å². The Morgan fingerprint density at radius 2 is 1.93 bits per heavy atom. The van der Waals surface area contributed by atoms with Gasteiger partial charge in [0.1, 0.15) is 29.4 Å². The van der Waals surface area contributed by atoms with Gasteiger partial charge < -0.3 is 25.8 Å². The third kappa shape index (κ3) is 4.88. The lowest BCUT2D eigenvalue weighted by molar-refractivity contribution is -0.161. The van der Waals surface area contributed by atoms with Crippen LogP contribution < -0.4 is 11.1 Å². The molecule has 11 heteroatoms. The van der Waals surface area contributed by atoms with Crippen LogP contribution in [0.2, 0.25) is 0 Å². The Morgan fingerprint density at radius 1 is 1.33 bits per heavy atom. The highest BCUT2D eigenvalue weighted by atomic mass is 35.5. The number of hydrogen-bond acceptors (Lipinski definition) is 7. The van der Waals surface area contributed by atoms with Gasteiger partial charge in [-0.1, -0.05) is 30.3 Å². The van der Waals surface area contributed by atoms with Crippen molar-refractivity contribution in [2.45, 2.75) is 42.1 Å². The summed E-state index contributed by atoms with van der Waals surface area (Å²) < 4.78 is 3.51. The van der Waals surface area contributed by atoms with Gasteiger partial charge in [-0.25, -0.2) is 4.79 Å². The first-order chi connectivity index (χ1) is 14.0. The van der Waals surface area contributed by atoms with Crippen LogP contribution in [-0.4, -0.2) is 69.0 Å². The minimum Gasteiger partial charge on any atom is -0.480 e. The first-order valence-electron chi connectivity index (χ1n) is 9.01. The van der Waals surface area contributed by atoms with Gasteiger partial charge in [-0.05, 0) is 19.4 Å². The molecule has 0 radical (unpaired) electrons. The molecule has 2 fully saturated rings. The minimum absolute atomic E-state index is 0.0590. The Morgan fingerprint density at radius 3 is 2.40 bits per heavy atom. The van der Waals surface area contributed by atoms with Gasteiger partial charge in [0.15, 0.2) is 0 Å². The van der Waals surface area contributed by atoms with Crippen LogP contribution in [0.1, 0.15) is 25.5 Å². The van der Waals surface area contributed by atoms with Crippen molar-refractivity contribution in [3.63, 3.8) is 0 Å². The lowest BCUT2D eigenvalue weighted by Gasteiger charge is -2.43. The molecule has 2 aliphatic rings. The number of aliphatic carboxylic acids is 1. The summed E-state index contributed by atoms with van der Waals surface area (Å²) in [6.45, 7) is 3.58. The van der Waals surface area contributed by atoms with Crippen molar-refractivity contribution in [3.05, 3.63) is 35.9 Å². The second-order valence-corrected chi connectivity index (χ2v) is 9.22. The highest BCUT2D eigenvalue weighted by Crippen LogP contribution is 2.50. The molecule has 30 heavy (non-hydrogen) atoms. The van der Waals surface area contributed by atoms with E-state index in [0.29, 0.717) is 5.56 Å². The predicted octanol–water partition coefficient (Wildman–Crippen LogP) is 0.716. The quantitative estimate of drug-likeness (QED) is 0.334. The van der Waals surface area contributed by atoms with Gasteiger partial charge in [0.2, 0.25) is 11.8 Å². The highest BCUT2D eigenvalue weighted by molar-refractivity contribution is 8.01. The number of carboxylic acids is 1. The van der Waals surface area contributed by atoms with Crippen LogP contribution in [0, 0.1) is 0 Å². The molecule has 4 atom stereocenters. The molecule has 0 spiro atoms. The van der Waals surface area contributed by atoms with Gasteiger partial charge in [0, 0.05) is 4.75 Å². The number of carbonyl (C=O) groups excluding carboxylic acids is 3. The second-order valence-electron chi connectivity index (χ2n) is 7.18. The maximum Gasteiger partial charge on any atom is 0.327 e. The number of halogens is 1. The summed E-state index contributed by atoms with van der Waals surface area (Å²) in [6.07, 6.45) is 0. The fourth-order valence-electron chi connectivity index (χ4n) is 3.25. The standard InChI is InChI=1S/C16H19N3O4S.C3H5ClO2/c1-16(2)11(15(22)23)19-13(21)10(14(19)24-16)18-12(20)9(17)8-6-4-3-5-7-8;1-6-3(5)2-4/h3-7,9-11,14H,17H2,1-2H3,(H,18,20)(H,22,23);2H2,1H3/t9?,10-,11+,14-;/m1./s1. The van der Waals surface area contributed by atoms with Crippen LogP contribution >= 0.6 is 23.4 Å². The van der Waals surface area contributed by atoms with E-state index in [2.05, 4.69) is 10.1 Å². The van der Waals surface area contributed by atoms with E-state index in [-0.39, 0.29) is 17.2 Å². The van der Waals surface area contributed by atoms with E-state index in [1.54, 1.807) is 38.1 Å². The fraction of sp³-hybridized carbons (Fsp3) is 0.474. The smallest absolute Gasteiger partial charge is 0.327 e. The molecule has 4 N–H and O–H groups in total. The van der Waals surface area contributed by atoms with E-state index in [1.807, 2.05) is 6.07 Å². The molecule has 3 rings (SSSR count). The van der Waals surface area contributed by atoms with Gasteiger partial charge >= 0.3 is 11.9 Å². The van der Waals surface area contributed by atoms with E-state index < -0.39 is 40.7 Å². The number of carboxylic acid groups (broad SMARTS) is 1. The van der Waals surface area contributed by atoms with Crippen molar-refractivity contribution in [3.8, 4) is 0 Å². The number of rotatable bonds is 5. The molecule has 2 saturated heterocycles. The number of methoxy groups -OCH3 is 1. The van der Waals surface area contributed by atoms with Crippen molar-refractivity contribution < 1.29 is 29.0 Å². The number of carbonyl (C=O) groups is 4. The van der Waals surface area contributed by atoms with E-state index in [4.69, 9.17) is 17.3 Å². The molecule has 1 unspecified atom stereocenters. The summed E-state index contributed by atoms with van der Waals surface area (Å²) in [7, 11) is 1.30. The SMILES string of the molecule is CC1(C)S[C@@H]2[C@H](NC(=O)C(N)c3ccccc3)C(=O)N2[C@H]1C(=O)O.COC(=O)CCl. The Balaban J connectivity index is 0.000000469. The monoisotopic (exact) mass is 457 g/mol. The molecular weight excluding hydrogens is 434 g/mol. The maximum absolute atomic E-state index is 12.3. The van der Waals surface area contributed by atoms with E-state index in [9.17, 15) is 24.3 Å². The summed E-state index contributed by atoms with van der Waals surface area (Å²) in [5.74, 6) is -2.31. The Labute approximate surface area is 183 Å². The third-order valence-corrected chi connectivity index (χ3v) is 6.54. The molecule has 2 heterocycles. The number of nitrogens with two attached hydrogens (primary N) is 1. The van der Waals surface area contributed by atoms with Crippen LogP contribution in [0.4, 0.5) is 0 Å². The fourth-order valence-corrected chi connectivity index (χ4v) is 4.99. The molecule has 0 aliphatic carbocycles. The van der Waals surface area contributed by atoms with Crippen LogP contribution in [0.3, 0.4) is 0 Å². The van der Waals surface area contributed by atoms with E-state index >= 15 is 0 Å². The Kier molecular flexibility index (Phi) is 7.73. The van der Waals surface area contributed by atoms with Gasteiger partial charge in [0.05, 0.1) is 7.11 Å². The number of hydrogen-bond donors (Lipinski definition) is 3. The van der Waals surface area contributed by atoms with E-state index in [1.165, 1.54) is 23.8 Å². The summed E-state index contributed by atoms with van der Waals surface area (Å²) in [4.78, 5) is 47.3. The molecule has 1 aromatic rings. The van der Waals surface area contributed by atoms with Crippen LogP contribution in [0.5, 0.6) is 0 Å².